The Morgan fingerprint density at radius 1 is 1.06 bits per heavy atom. The molecular weight excluding hydrogens is 394 g/mol. The lowest BCUT2D eigenvalue weighted by atomic mass is 9.71. The SMILES string of the molecule is C[C@H]1c2cc3c(cc2C2(CCCC2)CN1C(=O)c1ccc(NC(N)=O)cc1)OCCO3. The molecule has 3 amide bonds. The van der Waals surface area contributed by atoms with Gasteiger partial charge in [-0.15, -0.1) is 0 Å². The molecule has 0 unspecified atom stereocenters. The number of urea groups is 1. The second-order valence-corrected chi connectivity index (χ2v) is 8.75. The van der Waals surface area contributed by atoms with Crippen molar-refractivity contribution in [2.75, 3.05) is 25.1 Å². The number of amides is 3. The van der Waals surface area contributed by atoms with Crippen LogP contribution in [-0.2, 0) is 5.41 Å². The minimum atomic E-state index is -0.627. The molecular formula is C24H27N3O4. The number of benzene rings is 2. The summed E-state index contributed by atoms with van der Waals surface area (Å²) < 4.78 is 11.7. The lowest BCUT2D eigenvalue weighted by molar-refractivity contribution is 0.0593. The van der Waals surface area contributed by atoms with Gasteiger partial charge in [0.25, 0.3) is 5.91 Å². The fourth-order valence-corrected chi connectivity index (χ4v) is 5.36. The molecule has 2 aliphatic heterocycles. The number of primary amides is 1. The van der Waals surface area contributed by atoms with Crippen molar-refractivity contribution in [1.82, 2.24) is 4.90 Å². The average molecular weight is 421 g/mol. The third-order valence-electron chi connectivity index (χ3n) is 6.90. The number of nitrogens with zero attached hydrogens (tertiary/aromatic N) is 1. The molecule has 3 aliphatic rings. The quantitative estimate of drug-likeness (QED) is 0.767. The minimum Gasteiger partial charge on any atom is -0.486 e. The van der Waals surface area contributed by atoms with E-state index in [2.05, 4.69) is 24.4 Å². The van der Waals surface area contributed by atoms with Crippen molar-refractivity contribution in [2.24, 2.45) is 5.73 Å². The summed E-state index contributed by atoms with van der Waals surface area (Å²) in [6.45, 7) is 3.89. The van der Waals surface area contributed by atoms with Crippen LogP contribution in [0.1, 0.15) is 60.1 Å². The highest BCUT2D eigenvalue weighted by Gasteiger charge is 2.46. The number of nitrogens with one attached hydrogen (secondary N) is 1. The van der Waals surface area contributed by atoms with E-state index in [1.54, 1.807) is 24.3 Å². The molecule has 0 bridgehead atoms. The molecule has 0 radical (unpaired) electrons. The van der Waals surface area contributed by atoms with Crippen LogP contribution in [-0.4, -0.2) is 36.6 Å². The van der Waals surface area contributed by atoms with Crippen LogP contribution in [0, 0.1) is 0 Å². The Bertz CT molecular complexity index is 1030. The monoisotopic (exact) mass is 421 g/mol. The highest BCUT2D eigenvalue weighted by molar-refractivity contribution is 5.96. The molecule has 2 heterocycles. The van der Waals surface area contributed by atoms with Gasteiger partial charge in [-0.2, -0.15) is 0 Å². The lowest BCUT2D eigenvalue weighted by Crippen LogP contribution is -2.48. The first-order valence-electron chi connectivity index (χ1n) is 10.9. The van der Waals surface area contributed by atoms with Crippen molar-refractivity contribution < 1.29 is 19.1 Å². The maximum absolute atomic E-state index is 13.5. The minimum absolute atomic E-state index is 0.00932. The molecule has 1 atom stereocenters. The van der Waals surface area contributed by atoms with E-state index in [9.17, 15) is 9.59 Å². The second kappa shape index (κ2) is 7.48. The molecule has 1 spiro atoms. The van der Waals surface area contributed by atoms with Crippen molar-refractivity contribution in [2.45, 2.75) is 44.1 Å². The summed E-state index contributed by atoms with van der Waals surface area (Å²) in [7, 11) is 0. The molecule has 1 fully saturated rings. The Morgan fingerprint density at radius 3 is 2.35 bits per heavy atom. The summed E-state index contributed by atoms with van der Waals surface area (Å²) in [5, 5.41) is 2.53. The van der Waals surface area contributed by atoms with Crippen molar-refractivity contribution in [3.8, 4) is 11.5 Å². The van der Waals surface area contributed by atoms with Gasteiger partial charge in [-0.05, 0) is 67.3 Å². The van der Waals surface area contributed by atoms with Gasteiger partial charge in [0.1, 0.15) is 13.2 Å². The average Bonchev–Trinajstić information content (AvgIpc) is 3.24. The number of fused-ring (bicyclic) bond motifs is 3. The largest absolute Gasteiger partial charge is 0.486 e. The molecule has 3 N–H and O–H groups in total. The number of hydrogen-bond acceptors (Lipinski definition) is 4. The normalized spacial score (nSPS) is 20.9. The molecule has 5 rings (SSSR count). The van der Waals surface area contributed by atoms with Gasteiger partial charge in [0.05, 0.1) is 6.04 Å². The Morgan fingerprint density at radius 2 is 1.71 bits per heavy atom. The van der Waals surface area contributed by atoms with E-state index in [-0.39, 0.29) is 17.4 Å². The van der Waals surface area contributed by atoms with Crippen LogP contribution in [0.3, 0.4) is 0 Å². The van der Waals surface area contributed by atoms with Crippen LogP contribution in [0.4, 0.5) is 10.5 Å². The Hall–Kier alpha value is -3.22. The van der Waals surface area contributed by atoms with Crippen LogP contribution >= 0.6 is 0 Å². The maximum Gasteiger partial charge on any atom is 0.316 e. The molecule has 0 aromatic heterocycles. The summed E-state index contributed by atoms with van der Waals surface area (Å²) in [5.41, 5.74) is 8.76. The predicted octanol–water partition coefficient (Wildman–Crippen LogP) is 3.98. The topological polar surface area (TPSA) is 93.9 Å². The van der Waals surface area contributed by atoms with E-state index in [4.69, 9.17) is 15.2 Å². The van der Waals surface area contributed by atoms with Gasteiger partial charge in [0, 0.05) is 23.2 Å². The Kier molecular flexibility index (Phi) is 4.76. The highest BCUT2D eigenvalue weighted by Crippen LogP contribution is 2.52. The zero-order valence-electron chi connectivity index (χ0n) is 17.6. The molecule has 7 nitrogen and oxygen atoms in total. The second-order valence-electron chi connectivity index (χ2n) is 8.75. The summed E-state index contributed by atoms with van der Waals surface area (Å²) in [5.74, 6) is 1.58. The number of ether oxygens (including phenoxy) is 2. The van der Waals surface area contributed by atoms with Gasteiger partial charge >= 0.3 is 6.03 Å². The van der Waals surface area contributed by atoms with Crippen LogP contribution in [0.25, 0.3) is 0 Å². The van der Waals surface area contributed by atoms with Crippen LogP contribution in [0.15, 0.2) is 36.4 Å². The molecule has 1 saturated carbocycles. The number of carbonyl (C=O) groups excluding carboxylic acids is 2. The van der Waals surface area contributed by atoms with Crippen LogP contribution in [0.5, 0.6) is 11.5 Å². The first-order chi connectivity index (χ1) is 15.0. The molecule has 0 saturated heterocycles. The summed E-state index contributed by atoms with van der Waals surface area (Å²) in [6, 6.07) is 10.4. The number of carbonyl (C=O) groups is 2. The number of nitrogens with two attached hydrogens (primary N) is 1. The van der Waals surface area contributed by atoms with Crippen molar-refractivity contribution in [3.63, 3.8) is 0 Å². The van der Waals surface area contributed by atoms with E-state index in [1.807, 2.05) is 4.90 Å². The number of rotatable bonds is 2. The third-order valence-corrected chi connectivity index (χ3v) is 6.90. The zero-order valence-corrected chi connectivity index (χ0v) is 17.6. The molecule has 1 aliphatic carbocycles. The maximum atomic E-state index is 13.5. The first kappa shape index (κ1) is 19.7. The van der Waals surface area contributed by atoms with E-state index in [1.165, 1.54) is 5.56 Å². The first-order valence-corrected chi connectivity index (χ1v) is 10.9. The number of anilines is 1. The van der Waals surface area contributed by atoms with Crippen LogP contribution < -0.4 is 20.5 Å². The van der Waals surface area contributed by atoms with Crippen molar-refractivity contribution in [1.29, 1.82) is 0 Å². The van der Waals surface area contributed by atoms with Gasteiger partial charge in [-0.3, -0.25) is 4.79 Å². The molecule has 2 aromatic rings. The van der Waals surface area contributed by atoms with E-state index in [0.29, 0.717) is 31.0 Å². The summed E-state index contributed by atoms with van der Waals surface area (Å²) >= 11 is 0. The zero-order chi connectivity index (χ0) is 21.6. The molecule has 7 heteroatoms. The number of hydrogen-bond donors (Lipinski definition) is 2. The smallest absolute Gasteiger partial charge is 0.316 e. The predicted molar refractivity (Wildman–Crippen MR) is 117 cm³/mol. The van der Waals surface area contributed by atoms with Gasteiger partial charge in [-0.1, -0.05) is 12.8 Å². The standard InChI is InChI=1S/C24H27N3O4/c1-15-18-12-20-21(31-11-10-30-20)13-19(18)24(8-2-3-9-24)14-27(15)22(28)16-4-6-17(7-5-16)26-23(25)29/h4-7,12-13,15H,2-3,8-11,14H2,1H3,(H3,25,26,29)/t15-/m0/s1. The van der Waals surface area contributed by atoms with Gasteiger partial charge < -0.3 is 25.4 Å². The van der Waals surface area contributed by atoms with Gasteiger partial charge in [0.2, 0.25) is 0 Å². The van der Waals surface area contributed by atoms with Crippen LogP contribution in [0.2, 0.25) is 0 Å². The third kappa shape index (κ3) is 3.38. The van der Waals surface area contributed by atoms with Crippen molar-refractivity contribution >= 4 is 17.6 Å². The Labute approximate surface area is 181 Å². The van der Waals surface area contributed by atoms with Crippen molar-refractivity contribution in [3.05, 3.63) is 53.1 Å². The summed E-state index contributed by atoms with van der Waals surface area (Å²) in [4.78, 5) is 26.6. The fraction of sp³-hybridized carbons (Fsp3) is 0.417. The van der Waals surface area contributed by atoms with E-state index >= 15 is 0 Å². The van der Waals surface area contributed by atoms with E-state index in [0.717, 1.165) is 42.7 Å². The Balaban J connectivity index is 1.51. The molecule has 2 aromatic carbocycles. The fourth-order valence-electron chi connectivity index (χ4n) is 5.36. The lowest BCUT2D eigenvalue weighted by Gasteiger charge is -2.46. The van der Waals surface area contributed by atoms with Gasteiger partial charge in [-0.25, -0.2) is 4.79 Å². The van der Waals surface area contributed by atoms with Gasteiger partial charge in [0.15, 0.2) is 11.5 Å². The highest BCUT2D eigenvalue weighted by atomic mass is 16.6. The molecule has 162 valence electrons. The summed E-state index contributed by atoms with van der Waals surface area (Å²) in [6.07, 6.45) is 4.46. The van der Waals surface area contributed by atoms with E-state index < -0.39 is 6.03 Å². The molecule has 31 heavy (non-hydrogen) atoms.